The molecule has 0 fully saturated rings. The van der Waals surface area contributed by atoms with E-state index in [4.69, 9.17) is 14.6 Å². The highest BCUT2D eigenvalue weighted by Gasteiger charge is 2.36. The molecule has 156 valence electrons. The third-order valence-electron chi connectivity index (χ3n) is 4.57. The molecule has 2 aromatic rings. The lowest BCUT2D eigenvalue weighted by molar-refractivity contribution is -0.139. The van der Waals surface area contributed by atoms with Gasteiger partial charge in [-0.1, -0.05) is 43.3 Å². The zero-order valence-corrected chi connectivity index (χ0v) is 18.2. The Labute approximate surface area is 175 Å². The number of esters is 1. The zero-order valence-electron chi connectivity index (χ0n) is 17.4. The van der Waals surface area contributed by atoms with Crippen molar-refractivity contribution in [2.75, 3.05) is 24.3 Å². The summed E-state index contributed by atoms with van der Waals surface area (Å²) in [5.74, 6) is 1.93. The summed E-state index contributed by atoms with van der Waals surface area (Å²) in [7, 11) is 0. The number of carbonyl (C=O) groups excluding carboxylic acids is 1. The molecule has 0 saturated heterocycles. The number of hydrogen-bond donors (Lipinski definition) is 1. The molecule has 1 aromatic carbocycles. The standard InChI is InChI=1S/C21H28N4O3S/c1-5-8-13-29-21-23-20-22-14(4)17(19(26)28-7-3)18(25(20)24-21)15-11-9-10-12-16(15)27-6-2/h9-12,18H,5-8,13H2,1-4H3,(H,22,23,24). The van der Waals surface area contributed by atoms with E-state index in [2.05, 4.69) is 17.2 Å². The Morgan fingerprint density at radius 2 is 2.03 bits per heavy atom. The summed E-state index contributed by atoms with van der Waals surface area (Å²) in [5, 5.41) is 8.63. The van der Waals surface area contributed by atoms with Crippen molar-refractivity contribution in [3.63, 3.8) is 0 Å². The van der Waals surface area contributed by atoms with E-state index in [0.717, 1.165) is 29.9 Å². The quantitative estimate of drug-likeness (QED) is 0.368. The lowest BCUT2D eigenvalue weighted by Gasteiger charge is -2.29. The Balaban J connectivity index is 2.09. The summed E-state index contributed by atoms with van der Waals surface area (Å²) < 4.78 is 13.0. The SMILES string of the molecule is CCCCSc1nc2n(n1)C(c1ccccc1OCC)C(C(=O)OCC)=C(C)N2. The van der Waals surface area contributed by atoms with Gasteiger partial charge in [0.05, 0.1) is 18.8 Å². The van der Waals surface area contributed by atoms with Gasteiger partial charge in [-0.15, -0.1) is 5.10 Å². The summed E-state index contributed by atoms with van der Waals surface area (Å²) in [5.41, 5.74) is 2.08. The van der Waals surface area contributed by atoms with Crippen LogP contribution in [-0.2, 0) is 9.53 Å². The van der Waals surface area contributed by atoms with Crippen molar-refractivity contribution in [3.05, 3.63) is 41.1 Å². The largest absolute Gasteiger partial charge is 0.494 e. The maximum atomic E-state index is 12.9. The molecule has 0 aliphatic carbocycles. The number of hydrogen-bond acceptors (Lipinski definition) is 7. The molecule has 1 aliphatic rings. The van der Waals surface area contributed by atoms with Crippen LogP contribution >= 0.6 is 11.8 Å². The van der Waals surface area contributed by atoms with E-state index in [1.807, 2.05) is 38.1 Å². The second-order valence-electron chi connectivity index (χ2n) is 6.62. The van der Waals surface area contributed by atoms with Gasteiger partial charge in [0.2, 0.25) is 11.1 Å². The molecule has 2 heterocycles. The lowest BCUT2D eigenvalue weighted by atomic mass is 9.95. The summed E-state index contributed by atoms with van der Waals surface area (Å²) in [6.07, 6.45) is 2.22. The third-order valence-corrected chi connectivity index (χ3v) is 5.49. The molecule has 1 aromatic heterocycles. The topological polar surface area (TPSA) is 78.3 Å². The van der Waals surface area contributed by atoms with Gasteiger partial charge < -0.3 is 14.8 Å². The van der Waals surface area contributed by atoms with Crippen LogP contribution in [0.3, 0.4) is 0 Å². The first kappa shape index (κ1) is 21.2. The molecule has 1 N–H and O–H groups in total. The van der Waals surface area contributed by atoms with Crippen molar-refractivity contribution in [3.8, 4) is 5.75 Å². The fraction of sp³-hybridized carbons (Fsp3) is 0.476. The smallest absolute Gasteiger partial charge is 0.338 e. The molecule has 1 atom stereocenters. The summed E-state index contributed by atoms with van der Waals surface area (Å²) in [6.45, 7) is 8.60. The number of unbranched alkanes of at least 4 members (excludes halogenated alkanes) is 1. The van der Waals surface area contributed by atoms with Gasteiger partial charge in [0.1, 0.15) is 11.8 Å². The molecule has 7 nitrogen and oxygen atoms in total. The number of rotatable bonds is 9. The Kier molecular flexibility index (Phi) is 7.19. The Bertz CT molecular complexity index is 894. The number of nitrogens with one attached hydrogen (secondary N) is 1. The summed E-state index contributed by atoms with van der Waals surface area (Å²) in [4.78, 5) is 17.5. The van der Waals surface area contributed by atoms with Gasteiger partial charge in [-0.2, -0.15) is 4.98 Å². The van der Waals surface area contributed by atoms with Gasteiger partial charge >= 0.3 is 5.97 Å². The highest BCUT2D eigenvalue weighted by molar-refractivity contribution is 7.99. The first-order valence-corrected chi connectivity index (χ1v) is 11.0. The van der Waals surface area contributed by atoms with Crippen molar-refractivity contribution in [1.82, 2.24) is 14.8 Å². The minimum Gasteiger partial charge on any atom is -0.494 e. The van der Waals surface area contributed by atoms with Crippen molar-refractivity contribution < 1.29 is 14.3 Å². The van der Waals surface area contributed by atoms with E-state index in [9.17, 15) is 4.79 Å². The van der Waals surface area contributed by atoms with Crippen LogP contribution in [0.25, 0.3) is 0 Å². The monoisotopic (exact) mass is 416 g/mol. The summed E-state index contributed by atoms with van der Waals surface area (Å²) >= 11 is 1.62. The Morgan fingerprint density at radius 3 is 2.76 bits per heavy atom. The average Bonchev–Trinajstić information content (AvgIpc) is 3.10. The minimum absolute atomic E-state index is 0.303. The van der Waals surface area contributed by atoms with Gasteiger partial charge in [-0.05, 0) is 33.3 Å². The minimum atomic E-state index is -0.471. The molecule has 0 bridgehead atoms. The van der Waals surface area contributed by atoms with Crippen LogP contribution in [-0.4, -0.2) is 39.7 Å². The molecule has 0 saturated carbocycles. The number of nitrogens with zero attached hydrogens (tertiary/aromatic N) is 3. The predicted octanol–water partition coefficient (Wildman–Crippen LogP) is 4.42. The maximum absolute atomic E-state index is 12.9. The number of thioether (sulfide) groups is 1. The molecule has 3 rings (SSSR count). The van der Waals surface area contributed by atoms with Crippen LogP contribution in [0.4, 0.5) is 5.95 Å². The number of aromatic nitrogens is 3. The van der Waals surface area contributed by atoms with Crippen molar-refractivity contribution in [1.29, 1.82) is 0 Å². The maximum Gasteiger partial charge on any atom is 0.338 e. The van der Waals surface area contributed by atoms with Crippen LogP contribution < -0.4 is 10.1 Å². The molecule has 8 heteroatoms. The van der Waals surface area contributed by atoms with Crippen LogP contribution in [0.2, 0.25) is 0 Å². The number of carbonyl (C=O) groups is 1. The molecule has 1 aliphatic heterocycles. The van der Waals surface area contributed by atoms with E-state index in [1.54, 1.807) is 23.4 Å². The van der Waals surface area contributed by atoms with Crippen LogP contribution in [0.15, 0.2) is 40.7 Å². The second-order valence-corrected chi connectivity index (χ2v) is 7.68. The van der Waals surface area contributed by atoms with Crippen LogP contribution in [0, 0.1) is 0 Å². The number of fused-ring (bicyclic) bond motifs is 1. The Morgan fingerprint density at radius 1 is 1.24 bits per heavy atom. The number of anilines is 1. The Hall–Kier alpha value is -2.48. The van der Waals surface area contributed by atoms with Crippen LogP contribution in [0.5, 0.6) is 5.75 Å². The first-order chi connectivity index (χ1) is 14.1. The third kappa shape index (κ3) is 4.58. The van der Waals surface area contributed by atoms with Gasteiger partial charge in [-0.25, -0.2) is 9.48 Å². The molecular weight excluding hydrogens is 388 g/mol. The molecule has 0 spiro atoms. The van der Waals surface area contributed by atoms with Crippen molar-refractivity contribution in [2.45, 2.75) is 51.7 Å². The van der Waals surface area contributed by atoms with E-state index >= 15 is 0 Å². The van der Waals surface area contributed by atoms with Gasteiger partial charge in [0.25, 0.3) is 0 Å². The number of para-hydroxylation sites is 1. The van der Waals surface area contributed by atoms with Gasteiger partial charge in [0, 0.05) is 17.0 Å². The molecule has 0 amide bonds. The van der Waals surface area contributed by atoms with Crippen LogP contribution in [0.1, 0.15) is 52.1 Å². The van der Waals surface area contributed by atoms with Gasteiger partial charge in [0.15, 0.2) is 0 Å². The number of ether oxygens (including phenoxy) is 2. The van der Waals surface area contributed by atoms with E-state index in [-0.39, 0.29) is 5.97 Å². The number of allylic oxidation sites excluding steroid dienone is 1. The van der Waals surface area contributed by atoms with Crippen molar-refractivity contribution >= 4 is 23.7 Å². The van der Waals surface area contributed by atoms with Gasteiger partial charge in [-0.3, -0.25) is 0 Å². The molecule has 29 heavy (non-hydrogen) atoms. The second kappa shape index (κ2) is 9.82. The first-order valence-electron chi connectivity index (χ1n) is 10.1. The molecule has 1 unspecified atom stereocenters. The normalized spacial score (nSPS) is 15.7. The highest BCUT2D eigenvalue weighted by Crippen LogP contribution is 2.40. The fourth-order valence-electron chi connectivity index (χ4n) is 3.25. The van der Waals surface area contributed by atoms with E-state index in [1.165, 1.54) is 0 Å². The zero-order chi connectivity index (χ0) is 20.8. The van der Waals surface area contributed by atoms with E-state index < -0.39 is 6.04 Å². The lowest BCUT2D eigenvalue weighted by Crippen LogP contribution is -2.30. The van der Waals surface area contributed by atoms with E-state index in [0.29, 0.717) is 35.6 Å². The predicted molar refractivity (Wildman–Crippen MR) is 114 cm³/mol. The molecular formula is C21H28N4O3S. The number of benzene rings is 1. The molecule has 0 radical (unpaired) electrons. The fourth-order valence-corrected chi connectivity index (χ4v) is 4.17. The average molecular weight is 417 g/mol. The summed E-state index contributed by atoms with van der Waals surface area (Å²) in [6, 6.07) is 7.26. The van der Waals surface area contributed by atoms with Crippen molar-refractivity contribution in [2.24, 2.45) is 0 Å². The highest BCUT2D eigenvalue weighted by atomic mass is 32.2.